The summed E-state index contributed by atoms with van der Waals surface area (Å²) in [7, 11) is 1.53. The molecule has 0 amide bonds. The second-order valence-corrected chi connectivity index (χ2v) is 10.1. The molecule has 10 heteroatoms. The number of aryl methyl sites for hydroxylation is 2. The predicted molar refractivity (Wildman–Crippen MR) is 162 cm³/mol. The van der Waals surface area contributed by atoms with E-state index in [4.69, 9.17) is 4.74 Å². The molecule has 0 aliphatic heterocycles. The molecular weight excluding hydrogens is 520 g/mol. The number of unbranched alkanes of at least 4 members (excludes halogenated alkanes) is 1. The maximum absolute atomic E-state index is 11.9. The molecule has 0 radical (unpaired) electrons. The number of nitrogens with zero attached hydrogens (tertiary/aromatic N) is 6. The number of carbonyl (C=O) groups is 1. The van der Waals surface area contributed by atoms with E-state index in [1.165, 1.54) is 13.2 Å². The van der Waals surface area contributed by atoms with Crippen LogP contribution in [0.15, 0.2) is 75.1 Å². The lowest BCUT2D eigenvalue weighted by molar-refractivity contribution is -0.384. The fourth-order valence-electron chi connectivity index (χ4n) is 4.19. The molecule has 0 aliphatic carbocycles. The van der Waals surface area contributed by atoms with E-state index in [2.05, 4.69) is 32.3 Å². The zero-order chi connectivity index (χ0) is 29.9. The van der Waals surface area contributed by atoms with E-state index >= 15 is 0 Å². The Bertz CT molecular complexity index is 1420. The number of nitro groups is 1. The maximum atomic E-state index is 11.9. The number of benzene rings is 3. The van der Waals surface area contributed by atoms with Crippen LogP contribution < -0.4 is 9.64 Å². The van der Waals surface area contributed by atoms with Crippen molar-refractivity contribution in [2.75, 3.05) is 25.1 Å². The van der Waals surface area contributed by atoms with Gasteiger partial charge in [-0.05, 0) is 81.1 Å². The number of anilines is 1. The van der Waals surface area contributed by atoms with Crippen molar-refractivity contribution in [1.82, 2.24) is 0 Å². The first-order valence-corrected chi connectivity index (χ1v) is 13.8. The van der Waals surface area contributed by atoms with Crippen LogP contribution in [0.3, 0.4) is 0 Å². The van der Waals surface area contributed by atoms with Gasteiger partial charge in [0.25, 0.3) is 5.69 Å². The lowest BCUT2D eigenvalue weighted by atomic mass is 10.0. The molecule has 0 saturated carbocycles. The van der Waals surface area contributed by atoms with Gasteiger partial charge in [-0.2, -0.15) is 5.11 Å². The number of hydrogen-bond acceptors (Lipinski definition) is 9. The van der Waals surface area contributed by atoms with Gasteiger partial charge in [-0.3, -0.25) is 14.9 Å². The highest BCUT2D eigenvalue weighted by Crippen LogP contribution is 2.37. The fourth-order valence-corrected chi connectivity index (χ4v) is 4.19. The molecule has 3 rings (SSSR count). The van der Waals surface area contributed by atoms with Crippen LogP contribution in [0.4, 0.5) is 34.1 Å². The summed E-state index contributed by atoms with van der Waals surface area (Å²) in [5, 5.41) is 28.5. The lowest BCUT2D eigenvalue weighted by Gasteiger charge is -2.23. The highest BCUT2D eigenvalue weighted by molar-refractivity contribution is 5.80. The van der Waals surface area contributed by atoms with Crippen molar-refractivity contribution >= 4 is 39.9 Å². The van der Waals surface area contributed by atoms with Crippen molar-refractivity contribution in [3.05, 3.63) is 75.8 Å². The fraction of sp³-hybridized carbons (Fsp3) is 0.387. The van der Waals surface area contributed by atoms with Crippen molar-refractivity contribution in [2.45, 2.75) is 53.9 Å². The van der Waals surface area contributed by atoms with Gasteiger partial charge in [0.2, 0.25) is 0 Å². The van der Waals surface area contributed by atoms with Gasteiger partial charge in [-0.25, -0.2) is 0 Å². The number of Topliss-reactive ketones (excluding diaryl/α,β-unsaturated/α-hetero) is 1. The highest BCUT2D eigenvalue weighted by atomic mass is 16.6. The first kappa shape index (κ1) is 31.1. The summed E-state index contributed by atoms with van der Waals surface area (Å²) < 4.78 is 5.51. The van der Waals surface area contributed by atoms with Gasteiger partial charge in [0.05, 0.1) is 23.4 Å². The van der Waals surface area contributed by atoms with Crippen LogP contribution in [0.2, 0.25) is 0 Å². The zero-order valence-electron chi connectivity index (χ0n) is 24.6. The molecular formula is C31H38N6O4. The molecule has 0 aromatic heterocycles. The molecule has 0 fully saturated rings. The topological polar surface area (TPSA) is 122 Å². The number of ether oxygens (including phenoxy) is 1. The van der Waals surface area contributed by atoms with Crippen molar-refractivity contribution in [3.63, 3.8) is 0 Å². The summed E-state index contributed by atoms with van der Waals surface area (Å²) in [6.45, 7) is 11.4. The van der Waals surface area contributed by atoms with E-state index in [0.29, 0.717) is 35.0 Å². The largest absolute Gasteiger partial charge is 0.494 e. The molecule has 0 spiro atoms. The van der Waals surface area contributed by atoms with Gasteiger partial charge in [0.15, 0.2) is 5.69 Å². The van der Waals surface area contributed by atoms with Gasteiger partial charge in [0, 0.05) is 43.2 Å². The molecule has 3 aromatic rings. The zero-order valence-corrected chi connectivity index (χ0v) is 24.6. The number of nitro benzene ring substituents is 1. The van der Waals surface area contributed by atoms with Crippen LogP contribution in [-0.2, 0) is 4.79 Å². The van der Waals surface area contributed by atoms with E-state index in [1.807, 2.05) is 45.0 Å². The van der Waals surface area contributed by atoms with E-state index in [1.54, 1.807) is 31.2 Å². The van der Waals surface area contributed by atoms with Crippen LogP contribution in [0, 0.1) is 29.9 Å². The summed E-state index contributed by atoms with van der Waals surface area (Å²) >= 11 is 0. The van der Waals surface area contributed by atoms with Crippen LogP contribution in [0.5, 0.6) is 5.75 Å². The first-order chi connectivity index (χ1) is 19.6. The van der Waals surface area contributed by atoms with E-state index < -0.39 is 4.92 Å². The summed E-state index contributed by atoms with van der Waals surface area (Å²) in [5.41, 5.74) is 4.44. The standard InChI is InChI=1S/C31H38N6O4/c1-7-36(17-9-8-10-30(38)21(2)3)25-14-12-24(13-15-25)32-35-28-19-23(5)27(20-31(28)41-6)34-33-26-16-11-22(4)18-29(26)37(39)40/h11-16,18-21H,7-10,17H2,1-6H3. The molecule has 0 aliphatic rings. The third-order valence-electron chi connectivity index (χ3n) is 6.71. The van der Waals surface area contributed by atoms with Gasteiger partial charge in [-0.15, -0.1) is 15.3 Å². The summed E-state index contributed by atoms with van der Waals surface area (Å²) in [5.74, 6) is 0.875. The van der Waals surface area contributed by atoms with Crippen molar-refractivity contribution in [2.24, 2.45) is 26.4 Å². The Hall–Kier alpha value is -4.47. The van der Waals surface area contributed by atoms with Crippen LogP contribution in [0.1, 0.15) is 51.2 Å². The van der Waals surface area contributed by atoms with Crippen LogP contribution in [-0.4, -0.2) is 30.9 Å². The monoisotopic (exact) mass is 558 g/mol. The Morgan fingerprint density at radius 1 is 0.927 bits per heavy atom. The first-order valence-electron chi connectivity index (χ1n) is 13.8. The smallest absolute Gasteiger partial charge is 0.296 e. The van der Waals surface area contributed by atoms with Crippen molar-refractivity contribution < 1.29 is 14.5 Å². The summed E-state index contributed by atoms with van der Waals surface area (Å²) in [6.07, 6.45) is 2.49. The number of ketones is 1. The Morgan fingerprint density at radius 3 is 2.24 bits per heavy atom. The van der Waals surface area contributed by atoms with Crippen molar-refractivity contribution in [1.29, 1.82) is 0 Å². The third kappa shape index (κ3) is 8.76. The molecule has 3 aromatic carbocycles. The Balaban J connectivity index is 1.70. The quantitative estimate of drug-likeness (QED) is 0.0844. The second kappa shape index (κ2) is 14.8. The van der Waals surface area contributed by atoms with Gasteiger partial charge in [-0.1, -0.05) is 19.9 Å². The number of azo groups is 2. The van der Waals surface area contributed by atoms with Crippen LogP contribution in [0.25, 0.3) is 0 Å². The Morgan fingerprint density at radius 2 is 1.61 bits per heavy atom. The normalized spacial score (nSPS) is 11.5. The molecule has 10 nitrogen and oxygen atoms in total. The third-order valence-corrected chi connectivity index (χ3v) is 6.71. The molecule has 41 heavy (non-hydrogen) atoms. The molecule has 0 N–H and O–H groups in total. The maximum Gasteiger partial charge on any atom is 0.296 e. The SMILES string of the molecule is CCN(CCCCC(=O)C(C)C)c1ccc(N=Nc2cc(C)c(N=Nc3ccc(C)cc3[N+](=O)[O-])cc2OC)cc1. The Kier molecular flexibility index (Phi) is 11.2. The number of rotatable bonds is 14. The number of hydrogen-bond donors (Lipinski definition) is 0. The molecule has 0 atom stereocenters. The summed E-state index contributed by atoms with van der Waals surface area (Å²) in [6, 6.07) is 16.1. The van der Waals surface area contributed by atoms with E-state index in [9.17, 15) is 14.9 Å². The second-order valence-electron chi connectivity index (χ2n) is 10.1. The van der Waals surface area contributed by atoms with E-state index in [0.717, 1.165) is 42.7 Å². The minimum Gasteiger partial charge on any atom is -0.494 e. The minimum atomic E-state index is -0.469. The molecule has 0 heterocycles. The van der Waals surface area contributed by atoms with E-state index in [-0.39, 0.29) is 17.3 Å². The number of carbonyl (C=O) groups excluding carboxylic acids is 1. The van der Waals surface area contributed by atoms with Gasteiger partial charge in [0.1, 0.15) is 17.2 Å². The average Bonchev–Trinajstić information content (AvgIpc) is 2.96. The highest BCUT2D eigenvalue weighted by Gasteiger charge is 2.14. The summed E-state index contributed by atoms with van der Waals surface area (Å²) in [4.78, 5) is 25.1. The van der Waals surface area contributed by atoms with Crippen LogP contribution >= 0.6 is 0 Å². The average molecular weight is 559 g/mol. The predicted octanol–water partition coefficient (Wildman–Crippen LogP) is 9.27. The Labute approximate surface area is 241 Å². The lowest BCUT2D eigenvalue weighted by Crippen LogP contribution is -2.24. The molecule has 0 saturated heterocycles. The molecule has 0 unspecified atom stereocenters. The minimum absolute atomic E-state index is 0.0987. The van der Waals surface area contributed by atoms with Crippen molar-refractivity contribution in [3.8, 4) is 5.75 Å². The number of methoxy groups -OCH3 is 1. The van der Waals surface area contributed by atoms with Gasteiger partial charge >= 0.3 is 0 Å². The molecule has 216 valence electrons. The van der Waals surface area contributed by atoms with Gasteiger partial charge < -0.3 is 9.64 Å². The molecule has 0 bridgehead atoms.